The minimum Gasteiger partial charge on any atom is -0.483 e. The number of nitrogens with zero attached hydrogens (tertiary/aromatic N) is 2. The van der Waals surface area contributed by atoms with Gasteiger partial charge in [-0.1, -0.05) is 19.9 Å². The van der Waals surface area contributed by atoms with E-state index < -0.39 is 33.1 Å². The second kappa shape index (κ2) is 5.78. The molecule has 35 heavy (non-hydrogen) atoms. The van der Waals surface area contributed by atoms with E-state index in [1.54, 1.807) is 0 Å². The fraction of sp³-hybridized carbons (Fsp3) is 0.643. The van der Waals surface area contributed by atoms with Crippen molar-refractivity contribution < 1.29 is 19.4 Å². The van der Waals surface area contributed by atoms with E-state index in [4.69, 9.17) is 4.74 Å². The Hall–Kier alpha value is -2.38. The standard InChI is InChI=1S/C28H35N3O4/c1-23(2)10-9-16-18(35-23)8-7-17-20(16)29-21(32)27(17)14-26-15-31-12-11-25(5,34)28(31,22(33)30(26)6)13-19(26)24(27,3)4/h7-10,19,34H,11-15H2,1-6H3,(H,29,32)/t19?,25-,26-,27-,28+/m1/s1. The summed E-state index contributed by atoms with van der Waals surface area (Å²) in [5.41, 5.74) is -1.26. The summed E-state index contributed by atoms with van der Waals surface area (Å²) in [5, 5.41) is 14.8. The van der Waals surface area contributed by atoms with Crippen molar-refractivity contribution in [3.63, 3.8) is 0 Å². The summed E-state index contributed by atoms with van der Waals surface area (Å²) in [6, 6.07) is 4.08. The number of piperidine rings is 2. The first-order chi connectivity index (χ1) is 16.2. The maximum Gasteiger partial charge on any atom is 0.246 e. The summed E-state index contributed by atoms with van der Waals surface area (Å²) in [6.45, 7) is 11.7. The first kappa shape index (κ1) is 21.9. The lowest BCUT2D eigenvalue weighted by Crippen LogP contribution is -2.82. The van der Waals surface area contributed by atoms with Crippen LogP contribution >= 0.6 is 0 Å². The molecule has 1 aromatic rings. The van der Waals surface area contributed by atoms with Crippen molar-refractivity contribution in [3.05, 3.63) is 29.3 Å². The van der Waals surface area contributed by atoms with Gasteiger partial charge in [-0.25, -0.2) is 0 Å². The van der Waals surface area contributed by atoms with Gasteiger partial charge >= 0.3 is 0 Å². The molecule has 186 valence electrons. The molecule has 7 heteroatoms. The number of likely N-dealkylation sites (N-methyl/N-ethyl adjacent to an activating group) is 1. The van der Waals surface area contributed by atoms with Crippen LogP contribution in [0.15, 0.2) is 18.2 Å². The van der Waals surface area contributed by atoms with Crippen LogP contribution in [-0.2, 0) is 15.0 Å². The molecule has 6 aliphatic heterocycles. The Morgan fingerprint density at radius 1 is 1.14 bits per heavy atom. The van der Waals surface area contributed by atoms with Crippen molar-refractivity contribution in [2.45, 2.75) is 81.6 Å². The van der Waals surface area contributed by atoms with E-state index in [1.165, 1.54) is 0 Å². The third kappa shape index (κ3) is 2.08. The quantitative estimate of drug-likeness (QED) is 0.601. The zero-order valence-electron chi connectivity index (χ0n) is 21.5. The number of nitrogens with one attached hydrogen (secondary N) is 1. The molecule has 1 unspecified atom stereocenters. The Morgan fingerprint density at radius 3 is 2.63 bits per heavy atom. The van der Waals surface area contributed by atoms with Crippen LogP contribution in [-0.4, -0.2) is 69.1 Å². The topological polar surface area (TPSA) is 82.1 Å². The molecule has 5 fully saturated rings. The normalized spacial score (nSPS) is 43.6. The lowest BCUT2D eigenvalue weighted by Gasteiger charge is -2.65. The first-order valence-electron chi connectivity index (χ1n) is 12.9. The first-order valence-corrected chi connectivity index (χ1v) is 12.9. The van der Waals surface area contributed by atoms with Crippen LogP contribution in [0.3, 0.4) is 0 Å². The van der Waals surface area contributed by atoms with Crippen LogP contribution in [0.2, 0.25) is 0 Å². The highest BCUT2D eigenvalue weighted by Crippen LogP contribution is 2.72. The summed E-state index contributed by atoms with van der Waals surface area (Å²) in [7, 11) is 1.90. The predicted octanol–water partition coefficient (Wildman–Crippen LogP) is 2.92. The fourth-order valence-electron chi connectivity index (χ4n) is 9.17. The molecule has 4 saturated heterocycles. The number of aliphatic hydroxyl groups is 1. The van der Waals surface area contributed by atoms with E-state index in [0.29, 0.717) is 32.4 Å². The number of piperazine rings is 1. The molecule has 6 heterocycles. The Kier molecular flexibility index (Phi) is 3.61. The van der Waals surface area contributed by atoms with Gasteiger partial charge in [-0.15, -0.1) is 0 Å². The smallest absolute Gasteiger partial charge is 0.246 e. The number of rotatable bonds is 0. The highest BCUT2D eigenvalue weighted by molar-refractivity contribution is 6.10. The monoisotopic (exact) mass is 477 g/mol. The predicted molar refractivity (Wildman–Crippen MR) is 132 cm³/mol. The van der Waals surface area contributed by atoms with Crippen molar-refractivity contribution in [1.82, 2.24) is 9.80 Å². The number of carbonyl (C=O) groups is 2. The van der Waals surface area contributed by atoms with E-state index in [0.717, 1.165) is 22.6 Å². The molecule has 3 spiro atoms. The molecule has 0 radical (unpaired) electrons. The van der Waals surface area contributed by atoms with Gasteiger partial charge in [-0.05, 0) is 75.1 Å². The van der Waals surface area contributed by atoms with E-state index in [9.17, 15) is 14.7 Å². The minimum atomic E-state index is -1.08. The highest BCUT2D eigenvalue weighted by atomic mass is 16.5. The van der Waals surface area contributed by atoms with Crippen molar-refractivity contribution in [2.75, 3.05) is 25.5 Å². The third-order valence-electron chi connectivity index (χ3n) is 11.1. The molecular formula is C28H35N3O4. The summed E-state index contributed by atoms with van der Waals surface area (Å²) >= 11 is 0. The van der Waals surface area contributed by atoms with E-state index in [-0.39, 0.29) is 17.7 Å². The van der Waals surface area contributed by atoms with Crippen LogP contribution < -0.4 is 10.1 Å². The van der Waals surface area contributed by atoms with Crippen molar-refractivity contribution in [1.29, 1.82) is 0 Å². The lowest BCUT2D eigenvalue weighted by molar-refractivity contribution is -0.206. The van der Waals surface area contributed by atoms with Gasteiger partial charge in [0.2, 0.25) is 11.8 Å². The highest BCUT2D eigenvalue weighted by Gasteiger charge is 2.82. The summed E-state index contributed by atoms with van der Waals surface area (Å²) in [4.78, 5) is 32.2. The molecule has 1 aromatic carbocycles. The zero-order chi connectivity index (χ0) is 25.0. The number of hydrogen-bond acceptors (Lipinski definition) is 5. The van der Waals surface area contributed by atoms with Crippen LogP contribution in [0, 0.1) is 11.3 Å². The number of hydrogen-bond donors (Lipinski definition) is 2. The van der Waals surface area contributed by atoms with E-state index in [2.05, 4.69) is 36.2 Å². The van der Waals surface area contributed by atoms with E-state index in [1.807, 2.05) is 44.9 Å². The van der Waals surface area contributed by atoms with Crippen molar-refractivity contribution >= 4 is 23.6 Å². The molecule has 2 N–H and O–H groups in total. The zero-order valence-corrected chi connectivity index (χ0v) is 21.5. The Labute approximate surface area is 206 Å². The Bertz CT molecular complexity index is 1260. The van der Waals surface area contributed by atoms with Crippen molar-refractivity contribution in [2.24, 2.45) is 11.3 Å². The van der Waals surface area contributed by atoms with Gasteiger partial charge < -0.3 is 20.1 Å². The maximum atomic E-state index is 14.1. The average molecular weight is 478 g/mol. The number of anilines is 1. The maximum absolute atomic E-state index is 14.1. The van der Waals surface area contributed by atoms with Crippen molar-refractivity contribution in [3.8, 4) is 5.75 Å². The molecule has 8 rings (SSSR count). The Balaban J connectivity index is 1.43. The third-order valence-corrected chi connectivity index (χ3v) is 11.1. The number of fused-ring (bicyclic) bond motifs is 5. The second-order valence-corrected chi connectivity index (χ2v) is 13.2. The number of carbonyl (C=O) groups excluding carboxylic acids is 2. The van der Waals surface area contributed by atoms with Gasteiger partial charge in [0.05, 0.1) is 22.2 Å². The van der Waals surface area contributed by atoms with E-state index >= 15 is 0 Å². The van der Waals surface area contributed by atoms with Gasteiger partial charge in [0.25, 0.3) is 0 Å². The van der Waals surface area contributed by atoms with Crippen LogP contribution in [0.1, 0.15) is 65.0 Å². The molecule has 7 nitrogen and oxygen atoms in total. The minimum absolute atomic E-state index is 0.0120. The molecular weight excluding hydrogens is 442 g/mol. The Morgan fingerprint density at radius 2 is 1.89 bits per heavy atom. The largest absolute Gasteiger partial charge is 0.483 e. The average Bonchev–Trinajstić information content (AvgIpc) is 3.29. The number of benzene rings is 1. The summed E-state index contributed by atoms with van der Waals surface area (Å²) in [5.74, 6) is 0.889. The molecule has 7 aliphatic rings. The molecule has 1 aliphatic carbocycles. The molecule has 1 saturated carbocycles. The lowest BCUT2D eigenvalue weighted by atomic mass is 9.55. The van der Waals surface area contributed by atoms with Crippen LogP contribution in [0.5, 0.6) is 5.75 Å². The molecule has 2 amide bonds. The van der Waals surface area contributed by atoms with Gasteiger partial charge in [0, 0.05) is 25.7 Å². The van der Waals surface area contributed by atoms with Gasteiger partial charge in [0.15, 0.2) is 0 Å². The SMILES string of the molecule is CN1C(=O)[C@]23CC4C(C)(C)[C@@]5(C[C@@]41CN2CC[C@@]3(C)O)C(=O)Nc1c5ccc2c1C=CC(C)(C)O2. The van der Waals surface area contributed by atoms with Gasteiger partial charge in [-0.3, -0.25) is 14.5 Å². The number of ether oxygens (including phenoxy) is 1. The second-order valence-electron chi connectivity index (χ2n) is 13.2. The van der Waals surface area contributed by atoms with Gasteiger partial charge in [0.1, 0.15) is 16.9 Å². The fourth-order valence-corrected chi connectivity index (χ4v) is 9.17. The summed E-state index contributed by atoms with van der Waals surface area (Å²) in [6.07, 6.45) is 5.87. The van der Waals surface area contributed by atoms with Gasteiger partial charge in [-0.2, -0.15) is 0 Å². The molecule has 0 aromatic heterocycles. The molecule has 2 bridgehead atoms. The summed E-state index contributed by atoms with van der Waals surface area (Å²) < 4.78 is 6.20. The molecule has 5 atom stereocenters. The van der Waals surface area contributed by atoms with Crippen LogP contribution in [0.4, 0.5) is 5.69 Å². The number of amides is 2. The van der Waals surface area contributed by atoms with Crippen LogP contribution in [0.25, 0.3) is 6.08 Å².